The zero-order valence-electron chi connectivity index (χ0n) is 15.1. The van der Waals surface area contributed by atoms with E-state index in [1.54, 1.807) is 0 Å². The van der Waals surface area contributed by atoms with Gasteiger partial charge in [-0.2, -0.15) is 0 Å². The highest BCUT2D eigenvalue weighted by atomic mass is 15.2. The second-order valence-electron chi connectivity index (χ2n) is 6.60. The number of para-hydroxylation sites is 1. The molecule has 0 fully saturated rings. The number of aryl methyl sites for hydroxylation is 5. The average molecular weight is 349 g/mol. The molecule has 26 heavy (non-hydrogen) atoms. The van der Waals surface area contributed by atoms with Crippen LogP contribution in [0.4, 0.5) is 0 Å². The van der Waals surface area contributed by atoms with Crippen LogP contribution in [0.2, 0.25) is 0 Å². The van der Waals surface area contributed by atoms with Gasteiger partial charge in [-0.1, -0.05) is 18.2 Å². The molecule has 4 rings (SSSR count). The molecule has 0 bridgehead atoms. The van der Waals surface area contributed by atoms with Crippen molar-refractivity contribution in [2.24, 2.45) is 7.05 Å². The molecular formula is C20H25N6+3. The molecule has 6 nitrogen and oxygen atoms in total. The van der Waals surface area contributed by atoms with E-state index < -0.39 is 0 Å². The van der Waals surface area contributed by atoms with Crippen LogP contribution < -0.4 is 13.7 Å². The van der Waals surface area contributed by atoms with Crippen molar-refractivity contribution in [2.45, 2.75) is 26.2 Å². The first-order valence-corrected chi connectivity index (χ1v) is 8.94. The summed E-state index contributed by atoms with van der Waals surface area (Å²) in [5.41, 5.74) is 1.18. The standard InChI is InChI=1S/C20H25N6/c1-21-7-8-22(17-21)9-10-23-11-12-24(18-23)13-14-25-15-16-26(19-25)20-5-3-2-4-6-20/h2-8,11-12,15-19H,9-10,13-14H2,1H3/q+3. The Kier molecular flexibility index (Phi) is 4.64. The van der Waals surface area contributed by atoms with E-state index in [1.807, 2.05) is 13.1 Å². The SMILES string of the molecule is C[n+]1ccn(CCn2cc[n+](CC[n+]3ccn(-c4ccccc4)c3)c2)c1. The topological polar surface area (TPSA) is 26.4 Å². The van der Waals surface area contributed by atoms with Crippen LogP contribution >= 0.6 is 0 Å². The Labute approximate surface area is 153 Å². The van der Waals surface area contributed by atoms with Crippen molar-refractivity contribution in [1.29, 1.82) is 0 Å². The lowest BCUT2D eigenvalue weighted by Crippen LogP contribution is -2.42. The molecule has 0 radical (unpaired) electrons. The van der Waals surface area contributed by atoms with Crippen LogP contribution in [0.3, 0.4) is 0 Å². The fourth-order valence-electron chi connectivity index (χ4n) is 3.08. The molecule has 0 aliphatic rings. The van der Waals surface area contributed by atoms with Crippen LogP contribution in [0.15, 0.2) is 86.5 Å². The fourth-order valence-corrected chi connectivity index (χ4v) is 3.08. The average Bonchev–Trinajstić information content (AvgIpc) is 3.40. The van der Waals surface area contributed by atoms with Gasteiger partial charge in [-0.25, -0.2) is 27.4 Å². The van der Waals surface area contributed by atoms with Crippen LogP contribution in [0.25, 0.3) is 5.69 Å². The molecular weight excluding hydrogens is 324 g/mol. The molecule has 3 aromatic heterocycles. The minimum atomic E-state index is 0.946. The zero-order valence-corrected chi connectivity index (χ0v) is 15.1. The van der Waals surface area contributed by atoms with E-state index in [-0.39, 0.29) is 0 Å². The van der Waals surface area contributed by atoms with Crippen molar-refractivity contribution in [1.82, 2.24) is 13.7 Å². The monoisotopic (exact) mass is 349 g/mol. The summed E-state index contributed by atoms with van der Waals surface area (Å²) < 4.78 is 13.1. The second-order valence-corrected chi connectivity index (χ2v) is 6.60. The quantitative estimate of drug-likeness (QED) is 0.443. The second kappa shape index (κ2) is 7.39. The minimum absolute atomic E-state index is 0.946. The number of nitrogens with zero attached hydrogens (tertiary/aromatic N) is 6. The lowest BCUT2D eigenvalue weighted by Gasteiger charge is -1.96. The zero-order chi connectivity index (χ0) is 17.8. The summed E-state index contributed by atoms with van der Waals surface area (Å²) in [6.45, 7) is 3.85. The van der Waals surface area contributed by atoms with Gasteiger partial charge in [-0.3, -0.25) is 0 Å². The van der Waals surface area contributed by atoms with Crippen molar-refractivity contribution < 1.29 is 13.7 Å². The number of benzene rings is 1. The minimum Gasteiger partial charge on any atom is -0.240 e. The maximum atomic E-state index is 2.24. The molecule has 132 valence electrons. The molecule has 0 spiro atoms. The molecule has 0 saturated heterocycles. The van der Waals surface area contributed by atoms with Gasteiger partial charge in [0, 0.05) is 0 Å². The normalized spacial score (nSPS) is 11.1. The van der Waals surface area contributed by atoms with Crippen molar-refractivity contribution in [3.63, 3.8) is 0 Å². The van der Waals surface area contributed by atoms with E-state index in [2.05, 4.69) is 108 Å². The maximum Gasteiger partial charge on any atom is 0.249 e. The third-order valence-corrected chi connectivity index (χ3v) is 4.55. The number of rotatable bonds is 7. The highest BCUT2D eigenvalue weighted by Gasteiger charge is 2.09. The van der Waals surface area contributed by atoms with E-state index in [1.165, 1.54) is 5.69 Å². The van der Waals surface area contributed by atoms with Crippen molar-refractivity contribution in [2.75, 3.05) is 0 Å². The van der Waals surface area contributed by atoms with E-state index >= 15 is 0 Å². The van der Waals surface area contributed by atoms with Gasteiger partial charge in [0.2, 0.25) is 19.0 Å². The predicted octanol–water partition coefficient (Wildman–Crippen LogP) is 0.880. The number of hydrogen-bond acceptors (Lipinski definition) is 0. The van der Waals surface area contributed by atoms with Crippen LogP contribution in [0, 0.1) is 0 Å². The van der Waals surface area contributed by atoms with E-state index in [0.717, 1.165) is 26.2 Å². The smallest absolute Gasteiger partial charge is 0.240 e. The summed E-state index contributed by atoms with van der Waals surface area (Å²) in [5, 5.41) is 0. The molecule has 0 saturated carbocycles. The van der Waals surface area contributed by atoms with Gasteiger partial charge in [0.05, 0.1) is 7.05 Å². The summed E-state index contributed by atoms with van der Waals surface area (Å²) in [6.07, 6.45) is 19.1. The first-order chi connectivity index (χ1) is 12.8. The molecule has 1 aromatic carbocycles. The van der Waals surface area contributed by atoms with E-state index in [4.69, 9.17) is 0 Å². The van der Waals surface area contributed by atoms with Gasteiger partial charge in [0.25, 0.3) is 0 Å². The number of hydrogen-bond donors (Lipinski definition) is 0. The Hall–Kier alpha value is -3.15. The summed E-state index contributed by atoms with van der Waals surface area (Å²) in [7, 11) is 2.04. The molecule has 0 aliphatic heterocycles. The largest absolute Gasteiger partial charge is 0.249 e. The van der Waals surface area contributed by atoms with Crippen molar-refractivity contribution in [3.8, 4) is 5.69 Å². The predicted molar refractivity (Wildman–Crippen MR) is 96.2 cm³/mol. The number of aromatic nitrogens is 6. The van der Waals surface area contributed by atoms with Crippen molar-refractivity contribution in [3.05, 3.63) is 86.5 Å². The summed E-state index contributed by atoms with van der Waals surface area (Å²) in [6, 6.07) is 10.4. The molecule has 4 aromatic rings. The van der Waals surface area contributed by atoms with Gasteiger partial charge >= 0.3 is 0 Å². The summed E-state index contributed by atoms with van der Waals surface area (Å²) in [4.78, 5) is 0. The first-order valence-electron chi connectivity index (χ1n) is 8.94. The van der Waals surface area contributed by atoms with Gasteiger partial charge in [-0.15, -0.1) is 0 Å². The van der Waals surface area contributed by atoms with Crippen LogP contribution in [0.1, 0.15) is 0 Å². The third kappa shape index (κ3) is 3.91. The Morgan fingerprint density at radius 1 is 0.731 bits per heavy atom. The highest BCUT2D eigenvalue weighted by Crippen LogP contribution is 2.04. The number of imidazole rings is 3. The molecule has 0 N–H and O–H groups in total. The molecule has 0 atom stereocenters. The molecule has 0 unspecified atom stereocenters. The Bertz CT molecular complexity index is 963. The van der Waals surface area contributed by atoms with E-state index in [0.29, 0.717) is 0 Å². The molecule has 0 amide bonds. The summed E-state index contributed by atoms with van der Waals surface area (Å²) in [5.74, 6) is 0. The molecule has 6 heteroatoms. The fraction of sp³-hybridized carbons (Fsp3) is 0.250. The highest BCUT2D eigenvalue weighted by molar-refractivity contribution is 5.30. The Morgan fingerprint density at radius 3 is 2.12 bits per heavy atom. The molecule has 0 aliphatic carbocycles. The van der Waals surface area contributed by atoms with Crippen LogP contribution in [-0.2, 0) is 33.2 Å². The Balaban J connectivity index is 1.31. The van der Waals surface area contributed by atoms with E-state index in [9.17, 15) is 0 Å². The van der Waals surface area contributed by atoms with Gasteiger partial charge in [0.15, 0.2) is 0 Å². The van der Waals surface area contributed by atoms with Crippen molar-refractivity contribution >= 4 is 0 Å². The summed E-state index contributed by atoms with van der Waals surface area (Å²) >= 11 is 0. The Morgan fingerprint density at radius 2 is 1.38 bits per heavy atom. The van der Waals surface area contributed by atoms with Crippen LogP contribution in [0.5, 0.6) is 0 Å². The lowest BCUT2D eigenvalue weighted by atomic mass is 10.3. The lowest BCUT2D eigenvalue weighted by molar-refractivity contribution is -0.777. The van der Waals surface area contributed by atoms with Gasteiger partial charge < -0.3 is 0 Å². The van der Waals surface area contributed by atoms with Gasteiger partial charge in [0.1, 0.15) is 69.0 Å². The van der Waals surface area contributed by atoms with Gasteiger partial charge in [-0.05, 0) is 12.1 Å². The molecule has 3 heterocycles. The first kappa shape index (κ1) is 16.3. The van der Waals surface area contributed by atoms with Crippen LogP contribution in [-0.4, -0.2) is 13.7 Å². The third-order valence-electron chi connectivity index (χ3n) is 4.55. The maximum absolute atomic E-state index is 2.24.